The number of aliphatic hydroxyl groups is 1. The summed E-state index contributed by atoms with van der Waals surface area (Å²) in [6.45, 7) is 2.95. The van der Waals surface area contributed by atoms with Gasteiger partial charge in [-0.25, -0.2) is 14.5 Å². The first-order chi connectivity index (χ1) is 23.4. The molecule has 2 fully saturated rings. The number of carbonyl (C=O) groups is 2. The van der Waals surface area contributed by atoms with E-state index in [1.54, 1.807) is 29.3 Å². The number of amides is 2. The van der Waals surface area contributed by atoms with Crippen molar-refractivity contribution in [2.24, 2.45) is 17.6 Å². The molecule has 1 aliphatic carbocycles. The molecule has 258 valence electrons. The zero-order chi connectivity index (χ0) is 34.6. The zero-order valence-electron chi connectivity index (χ0n) is 27.0. The van der Waals surface area contributed by atoms with Gasteiger partial charge >= 0.3 is 18.1 Å². The first kappa shape index (κ1) is 33.1. The van der Waals surface area contributed by atoms with E-state index < -0.39 is 18.2 Å². The molecular weight excluding hydrogens is 660 g/mol. The molecule has 1 aromatic carbocycles. The van der Waals surface area contributed by atoms with Crippen LogP contribution in [0.1, 0.15) is 61.8 Å². The summed E-state index contributed by atoms with van der Waals surface area (Å²) in [7, 11) is 1.37. The summed E-state index contributed by atoms with van der Waals surface area (Å²) in [4.78, 5) is 36.8. The van der Waals surface area contributed by atoms with E-state index in [4.69, 9.17) is 36.9 Å². The molecule has 0 radical (unpaired) electrons. The first-order valence-corrected chi connectivity index (χ1v) is 16.6. The number of pyridine rings is 2. The Morgan fingerprint density at radius 3 is 2.59 bits per heavy atom. The summed E-state index contributed by atoms with van der Waals surface area (Å²) >= 11 is 5.95. The van der Waals surface area contributed by atoms with Crippen molar-refractivity contribution in [1.29, 1.82) is 0 Å². The minimum absolute atomic E-state index is 0.0910. The molecule has 1 saturated heterocycles. The minimum Gasteiger partial charge on any atom is -0.453 e. The number of aromatic nitrogens is 4. The summed E-state index contributed by atoms with van der Waals surface area (Å²) in [5, 5.41) is 16.7. The van der Waals surface area contributed by atoms with Gasteiger partial charge in [-0.2, -0.15) is 13.9 Å². The second kappa shape index (κ2) is 12.8. The fraction of sp³-hybridized carbons (Fsp3) is 0.441. The summed E-state index contributed by atoms with van der Waals surface area (Å²) in [6, 6.07) is 7.69. The van der Waals surface area contributed by atoms with Gasteiger partial charge in [0.05, 0.1) is 48.0 Å². The predicted octanol–water partition coefficient (Wildman–Crippen LogP) is 5.61. The quantitative estimate of drug-likeness (QED) is 0.225. The van der Waals surface area contributed by atoms with E-state index in [-0.39, 0.29) is 36.0 Å². The van der Waals surface area contributed by atoms with Crippen LogP contribution in [0, 0.1) is 11.8 Å². The first-order valence-electron chi connectivity index (χ1n) is 16.2. The smallest absolute Gasteiger partial charge is 0.453 e. The monoisotopic (exact) mass is 695 g/mol. The number of piperidine rings is 1. The maximum atomic E-state index is 15.1. The van der Waals surface area contributed by atoms with Gasteiger partial charge in [0.1, 0.15) is 6.23 Å². The Morgan fingerprint density at radius 1 is 1.18 bits per heavy atom. The van der Waals surface area contributed by atoms with Crippen molar-refractivity contribution in [1.82, 2.24) is 24.6 Å². The number of nitrogens with zero attached hydrogens (tertiary/aromatic N) is 6. The molecule has 2 amide bonds. The maximum absolute atomic E-state index is 15.1. The molecule has 4 aromatic rings. The highest BCUT2D eigenvalue weighted by Gasteiger charge is 2.50. The summed E-state index contributed by atoms with van der Waals surface area (Å²) < 4.78 is 42.0. The number of hydrogen-bond acceptors (Lipinski definition) is 9. The van der Waals surface area contributed by atoms with Crippen molar-refractivity contribution in [3.05, 3.63) is 64.7 Å². The lowest BCUT2D eigenvalue weighted by molar-refractivity contribution is -0.193. The Morgan fingerprint density at radius 2 is 1.94 bits per heavy atom. The van der Waals surface area contributed by atoms with Crippen LogP contribution in [0.15, 0.2) is 42.7 Å². The standard InChI is InChI=1S/C34H36ClF2N7O5/c1-18(20-9-11-42(12-10-20)33(47)48-2)44-31-24(16-40-44)28(29(30(38)45)25(41-31)13-19-3-4-19)21-5-8-26-27(14-21)49-34(36,37)32(46)43(26)17-23-7-6-22(35)15-39-23/h5-8,14-16,18-20,30,45H,3-4,9-13,17,38H2,1-2H3/t18-,30?/m1/s1. The number of likely N-dealkylation sites (tertiary alicyclic amines) is 1. The molecule has 0 spiro atoms. The van der Waals surface area contributed by atoms with Crippen LogP contribution in [-0.2, 0) is 22.5 Å². The second-order valence-corrected chi connectivity index (χ2v) is 13.4. The normalized spacial score (nSPS) is 19.0. The van der Waals surface area contributed by atoms with Crippen molar-refractivity contribution in [2.45, 2.75) is 64.0 Å². The van der Waals surface area contributed by atoms with Crippen molar-refractivity contribution in [2.75, 3.05) is 25.1 Å². The number of ether oxygens (including phenoxy) is 2. The number of rotatable bonds is 8. The molecule has 2 atom stereocenters. The van der Waals surface area contributed by atoms with Gasteiger partial charge in [-0.05, 0) is 80.7 Å². The average molecular weight is 696 g/mol. The summed E-state index contributed by atoms with van der Waals surface area (Å²) in [6.07, 6.45) is 1.26. The third-order valence-corrected chi connectivity index (χ3v) is 9.98. The lowest BCUT2D eigenvalue weighted by Crippen LogP contribution is -2.50. The van der Waals surface area contributed by atoms with E-state index >= 15 is 8.78 Å². The number of fused-ring (bicyclic) bond motifs is 2. The second-order valence-electron chi connectivity index (χ2n) is 13.0. The van der Waals surface area contributed by atoms with Crippen molar-refractivity contribution < 1.29 is 33.0 Å². The molecule has 5 heterocycles. The number of halogens is 3. The SMILES string of the molecule is COC(=O)N1CCC([C@@H](C)n2ncc3c(-c4ccc5c(c4)OC(F)(F)C(=O)N5Cc4ccc(Cl)cn4)c(C(N)O)c(CC4CC4)nc32)CC1. The van der Waals surface area contributed by atoms with Gasteiger partial charge in [-0.3, -0.25) is 14.7 Å². The van der Waals surface area contributed by atoms with E-state index in [9.17, 15) is 14.7 Å². The minimum atomic E-state index is -4.14. The molecule has 3 N–H and O–H groups in total. The number of aliphatic hydroxyl groups excluding tert-OH is 1. The van der Waals surface area contributed by atoms with E-state index in [1.807, 2.05) is 4.68 Å². The van der Waals surface area contributed by atoms with Crippen LogP contribution in [0.4, 0.5) is 19.3 Å². The summed E-state index contributed by atoms with van der Waals surface area (Å²) in [5.41, 5.74) is 9.24. The average Bonchev–Trinajstić information content (AvgIpc) is 3.81. The Hall–Kier alpha value is -4.40. The van der Waals surface area contributed by atoms with Crippen LogP contribution in [0.25, 0.3) is 22.2 Å². The van der Waals surface area contributed by atoms with Crippen LogP contribution < -0.4 is 15.4 Å². The van der Waals surface area contributed by atoms with Crippen LogP contribution >= 0.6 is 11.6 Å². The Kier molecular flexibility index (Phi) is 8.66. The van der Waals surface area contributed by atoms with Gasteiger partial charge in [0.25, 0.3) is 0 Å². The number of nitrogens with two attached hydrogens (primary N) is 1. The molecule has 7 rings (SSSR count). The van der Waals surface area contributed by atoms with E-state index in [2.05, 4.69) is 11.9 Å². The lowest BCUT2D eigenvalue weighted by atomic mass is 9.90. The third-order valence-electron chi connectivity index (χ3n) is 9.76. The van der Waals surface area contributed by atoms with Crippen molar-refractivity contribution in [3.63, 3.8) is 0 Å². The maximum Gasteiger partial charge on any atom is 0.482 e. The van der Waals surface area contributed by atoms with Crippen molar-refractivity contribution in [3.8, 4) is 16.9 Å². The number of anilines is 1. The molecule has 12 nitrogen and oxygen atoms in total. The van der Waals surface area contributed by atoms with Gasteiger partial charge in [-0.15, -0.1) is 0 Å². The largest absolute Gasteiger partial charge is 0.482 e. The number of benzene rings is 1. The van der Waals surface area contributed by atoms with Crippen LogP contribution in [0.2, 0.25) is 5.02 Å². The van der Waals surface area contributed by atoms with Gasteiger partial charge in [0.15, 0.2) is 11.4 Å². The van der Waals surface area contributed by atoms with Gasteiger partial charge < -0.3 is 25.2 Å². The molecule has 49 heavy (non-hydrogen) atoms. The van der Waals surface area contributed by atoms with E-state index in [0.717, 1.165) is 30.6 Å². The topological polar surface area (TPSA) is 149 Å². The number of hydrogen-bond donors (Lipinski definition) is 2. The summed E-state index contributed by atoms with van der Waals surface area (Å²) in [5.74, 6) is -1.16. The Labute approximate surface area is 285 Å². The Balaban J connectivity index is 1.31. The molecule has 0 bridgehead atoms. The number of carbonyl (C=O) groups excluding carboxylic acids is 2. The van der Waals surface area contributed by atoms with Crippen molar-refractivity contribution >= 4 is 40.3 Å². The number of alkyl halides is 2. The highest BCUT2D eigenvalue weighted by molar-refractivity contribution is 6.30. The van der Waals surface area contributed by atoms with E-state index in [1.165, 1.54) is 25.4 Å². The molecule has 3 aliphatic rings. The highest BCUT2D eigenvalue weighted by Crippen LogP contribution is 2.46. The van der Waals surface area contributed by atoms with Crippen LogP contribution in [-0.4, -0.2) is 68.1 Å². The Bertz CT molecular complexity index is 1910. The fourth-order valence-corrected chi connectivity index (χ4v) is 7.05. The molecular formula is C34H36ClF2N7O5. The molecule has 3 aromatic heterocycles. The molecule has 2 aliphatic heterocycles. The highest BCUT2D eigenvalue weighted by atomic mass is 35.5. The fourth-order valence-electron chi connectivity index (χ4n) is 6.93. The predicted molar refractivity (Wildman–Crippen MR) is 176 cm³/mol. The molecule has 1 unspecified atom stereocenters. The van der Waals surface area contributed by atoms with Crippen LogP contribution in [0.5, 0.6) is 5.75 Å². The molecule has 1 saturated carbocycles. The number of methoxy groups -OCH3 is 1. The lowest BCUT2D eigenvalue weighted by Gasteiger charge is -2.34. The zero-order valence-corrected chi connectivity index (χ0v) is 27.7. The van der Waals surface area contributed by atoms with E-state index in [0.29, 0.717) is 69.6 Å². The van der Waals surface area contributed by atoms with Gasteiger partial charge in [-0.1, -0.05) is 17.7 Å². The van der Waals surface area contributed by atoms with Gasteiger partial charge in [0.2, 0.25) is 0 Å². The van der Waals surface area contributed by atoms with Crippen LogP contribution in [0.3, 0.4) is 0 Å². The van der Waals surface area contributed by atoms with Gasteiger partial charge in [0, 0.05) is 35.8 Å². The third kappa shape index (κ3) is 6.28. The molecule has 15 heteroatoms.